The monoisotopic (exact) mass is 558 g/mol. The van der Waals surface area contributed by atoms with Crippen molar-refractivity contribution in [2.24, 2.45) is 5.92 Å². The van der Waals surface area contributed by atoms with Gasteiger partial charge in [-0.2, -0.15) is 0 Å². The molecule has 1 N–H and O–H groups in total. The fraction of sp³-hybridized carbons (Fsp3) is 0.394. The minimum atomic E-state index is -2.13. The molecule has 8 heteroatoms. The highest BCUT2D eigenvalue weighted by Crippen LogP contribution is 2.37. The van der Waals surface area contributed by atoms with Gasteiger partial charge >= 0.3 is 5.97 Å². The SMILES string of the molecule is COc1ccc(C(=O)NCCC[N+]23CCC(CC2)C(OC(=O)C([O-])(c2ccccc2)c2ccccc2)C3)c(OC)c1. The van der Waals surface area contributed by atoms with Gasteiger partial charge in [0.05, 0.1) is 39.4 Å². The van der Waals surface area contributed by atoms with Gasteiger partial charge in [0.2, 0.25) is 0 Å². The minimum Gasteiger partial charge on any atom is -0.834 e. The number of rotatable bonds is 11. The zero-order valence-electron chi connectivity index (χ0n) is 23.7. The largest absolute Gasteiger partial charge is 0.834 e. The number of hydrogen-bond donors (Lipinski definition) is 1. The van der Waals surface area contributed by atoms with Crippen molar-refractivity contribution in [3.05, 3.63) is 95.6 Å². The van der Waals surface area contributed by atoms with Crippen LogP contribution in [0.4, 0.5) is 0 Å². The van der Waals surface area contributed by atoms with E-state index in [2.05, 4.69) is 5.32 Å². The van der Waals surface area contributed by atoms with Gasteiger partial charge in [-0.05, 0) is 23.3 Å². The van der Waals surface area contributed by atoms with Crippen molar-refractivity contribution < 1.29 is 33.4 Å². The third kappa shape index (κ3) is 5.94. The maximum Gasteiger partial charge on any atom is 0.304 e. The Bertz CT molecular complexity index is 1300. The van der Waals surface area contributed by atoms with E-state index in [-0.39, 0.29) is 17.9 Å². The summed E-state index contributed by atoms with van der Waals surface area (Å²) in [6.45, 7) is 4.10. The second-order valence-corrected chi connectivity index (χ2v) is 11.1. The number of esters is 1. The van der Waals surface area contributed by atoms with E-state index in [1.165, 1.54) is 7.11 Å². The number of carbonyl (C=O) groups excluding carboxylic acids is 2. The van der Waals surface area contributed by atoms with E-state index in [1.807, 2.05) is 12.1 Å². The summed E-state index contributed by atoms with van der Waals surface area (Å²) in [5.41, 5.74) is -0.910. The van der Waals surface area contributed by atoms with Crippen LogP contribution < -0.4 is 19.9 Å². The predicted molar refractivity (Wildman–Crippen MR) is 152 cm³/mol. The van der Waals surface area contributed by atoms with Crippen molar-refractivity contribution in [3.8, 4) is 11.5 Å². The standard InChI is InChI=1S/C33H38N2O6/c1-39-27-14-15-28(29(22-27)40-2)31(36)34-18-9-19-35-20-16-24(17-21-35)30(23-35)41-32(37)33(38,25-10-5-3-6-11-25)26-12-7-4-8-13-26/h3-8,10-15,22,24,30H,9,16-21,23H2,1-2H3,(H,34,36). The van der Waals surface area contributed by atoms with E-state index in [0.717, 1.165) is 43.4 Å². The van der Waals surface area contributed by atoms with Gasteiger partial charge in [0.15, 0.2) is 6.10 Å². The molecule has 1 amide bonds. The van der Waals surface area contributed by atoms with Crippen molar-refractivity contribution in [3.63, 3.8) is 0 Å². The van der Waals surface area contributed by atoms with Crippen LogP contribution in [0, 0.1) is 5.92 Å². The van der Waals surface area contributed by atoms with Crippen molar-refractivity contribution in [2.75, 3.05) is 46.9 Å². The first-order valence-corrected chi connectivity index (χ1v) is 14.3. The van der Waals surface area contributed by atoms with Crippen molar-refractivity contribution in [1.82, 2.24) is 5.32 Å². The van der Waals surface area contributed by atoms with Crippen molar-refractivity contribution in [2.45, 2.75) is 31.0 Å². The summed E-state index contributed by atoms with van der Waals surface area (Å²) in [5, 5.41) is 17.3. The van der Waals surface area contributed by atoms with E-state index >= 15 is 0 Å². The molecule has 1 atom stereocenters. The minimum absolute atomic E-state index is 0.192. The summed E-state index contributed by atoms with van der Waals surface area (Å²) in [6, 6.07) is 22.7. The average Bonchev–Trinajstić information content (AvgIpc) is 3.03. The zero-order valence-corrected chi connectivity index (χ0v) is 23.7. The Morgan fingerprint density at radius 3 is 2.15 bits per heavy atom. The fourth-order valence-electron chi connectivity index (χ4n) is 6.34. The summed E-state index contributed by atoms with van der Waals surface area (Å²) in [7, 11) is 3.10. The number of ether oxygens (including phenoxy) is 3. The van der Waals surface area contributed by atoms with E-state index in [4.69, 9.17) is 14.2 Å². The lowest BCUT2D eigenvalue weighted by molar-refractivity contribution is -0.946. The number of methoxy groups -OCH3 is 2. The summed E-state index contributed by atoms with van der Waals surface area (Å²) >= 11 is 0. The van der Waals surface area contributed by atoms with Gasteiger partial charge in [-0.1, -0.05) is 60.7 Å². The average molecular weight is 559 g/mol. The number of piperidine rings is 3. The Labute approximate surface area is 241 Å². The van der Waals surface area contributed by atoms with Crippen LogP contribution in [0.25, 0.3) is 0 Å². The molecule has 3 aromatic rings. The molecule has 0 aliphatic carbocycles. The number of carbonyl (C=O) groups is 2. The molecule has 2 bridgehead atoms. The molecular formula is C33H38N2O6. The second kappa shape index (κ2) is 12.3. The zero-order chi connectivity index (χ0) is 28.9. The number of amides is 1. The van der Waals surface area contributed by atoms with Gasteiger partial charge < -0.3 is 29.1 Å². The molecule has 3 aliphatic heterocycles. The van der Waals surface area contributed by atoms with Crippen molar-refractivity contribution in [1.29, 1.82) is 0 Å². The maximum atomic E-state index is 14.3. The van der Waals surface area contributed by atoms with E-state index in [1.54, 1.807) is 73.8 Å². The maximum absolute atomic E-state index is 14.3. The number of benzene rings is 3. The highest BCUT2D eigenvalue weighted by atomic mass is 16.6. The first-order valence-electron chi connectivity index (χ1n) is 14.3. The third-order valence-corrected chi connectivity index (χ3v) is 8.70. The van der Waals surface area contributed by atoms with Crippen LogP contribution in [0.15, 0.2) is 78.9 Å². The van der Waals surface area contributed by atoms with Crippen LogP contribution in [0.1, 0.15) is 40.7 Å². The Morgan fingerprint density at radius 2 is 1.56 bits per heavy atom. The normalized spacial score (nSPS) is 21.6. The van der Waals surface area contributed by atoms with Gasteiger partial charge in [0.25, 0.3) is 5.91 Å². The molecule has 3 aliphatic rings. The molecule has 8 nitrogen and oxygen atoms in total. The molecule has 6 rings (SSSR count). The molecule has 216 valence electrons. The van der Waals surface area contributed by atoms with Crippen LogP contribution in [0.3, 0.4) is 0 Å². The van der Waals surface area contributed by atoms with Crippen LogP contribution in [0.2, 0.25) is 0 Å². The first kappa shape index (κ1) is 28.6. The molecule has 3 aromatic carbocycles. The quantitative estimate of drug-likeness (QED) is 0.221. The Balaban J connectivity index is 1.22. The second-order valence-electron chi connectivity index (χ2n) is 11.1. The Kier molecular flexibility index (Phi) is 8.61. The number of nitrogens with one attached hydrogen (secondary N) is 1. The van der Waals surface area contributed by atoms with Crippen LogP contribution >= 0.6 is 0 Å². The van der Waals surface area contributed by atoms with Crippen LogP contribution in [-0.4, -0.2) is 69.4 Å². The predicted octanol–water partition coefficient (Wildman–Crippen LogP) is 3.28. The lowest BCUT2D eigenvalue weighted by atomic mass is 9.82. The molecular weight excluding hydrogens is 520 g/mol. The molecule has 3 heterocycles. The summed E-state index contributed by atoms with van der Waals surface area (Å²) < 4.78 is 17.5. The third-order valence-electron chi connectivity index (χ3n) is 8.70. The molecule has 1 unspecified atom stereocenters. The summed E-state index contributed by atoms with van der Waals surface area (Å²) in [5.74, 6) is 0.415. The first-order chi connectivity index (χ1) is 19.9. The van der Waals surface area contributed by atoms with E-state index in [9.17, 15) is 14.7 Å². The number of quaternary nitrogens is 1. The number of fused-ring (bicyclic) bond motifs is 3. The van der Waals surface area contributed by atoms with Crippen LogP contribution in [-0.2, 0) is 15.1 Å². The molecule has 3 saturated heterocycles. The molecule has 0 saturated carbocycles. The Morgan fingerprint density at radius 1 is 0.927 bits per heavy atom. The summed E-state index contributed by atoms with van der Waals surface area (Å²) in [4.78, 5) is 26.5. The van der Waals surface area contributed by atoms with Gasteiger partial charge in [-0.15, -0.1) is 0 Å². The van der Waals surface area contributed by atoms with Gasteiger partial charge in [-0.25, -0.2) is 0 Å². The molecule has 0 aromatic heterocycles. The number of nitrogens with zero attached hydrogens (tertiary/aromatic N) is 1. The summed E-state index contributed by atoms with van der Waals surface area (Å²) in [6.07, 6.45) is 2.39. The van der Waals surface area contributed by atoms with E-state index in [0.29, 0.717) is 41.3 Å². The highest BCUT2D eigenvalue weighted by Gasteiger charge is 2.48. The number of hydrogen-bond acceptors (Lipinski definition) is 6. The molecule has 0 spiro atoms. The van der Waals surface area contributed by atoms with Gasteiger partial charge in [0.1, 0.15) is 18.0 Å². The van der Waals surface area contributed by atoms with E-state index < -0.39 is 11.6 Å². The topological polar surface area (TPSA) is 96.9 Å². The lowest BCUT2D eigenvalue weighted by Gasteiger charge is -2.53. The highest BCUT2D eigenvalue weighted by molar-refractivity contribution is 5.97. The molecule has 3 fully saturated rings. The fourth-order valence-corrected chi connectivity index (χ4v) is 6.34. The Hall–Kier alpha value is -3.88. The van der Waals surface area contributed by atoms with Gasteiger partial charge in [-0.3, -0.25) is 9.59 Å². The molecule has 41 heavy (non-hydrogen) atoms. The smallest absolute Gasteiger partial charge is 0.304 e. The van der Waals surface area contributed by atoms with Crippen LogP contribution in [0.5, 0.6) is 11.5 Å². The van der Waals surface area contributed by atoms with Gasteiger partial charge in [0, 0.05) is 43.4 Å². The molecule has 0 radical (unpaired) electrons. The van der Waals surface area contributed by atoms with Crippen molar-refractivity contribution >= 4 is 11.9 Å². The lowest BCUT2D eigenvalue weighted by Crippen LogP contribution is -2.65.